The maximum absolute atomic E-state index is 12.2. The fourth-order valence-corrected chi connectivity index (χ4v) is 3.37. The van der Waals surface area contributed by atoms with Gasteiger partial charge in [0.05, 0.1) is 7.11 Å². The van der Waals surface area contributed by atoms with Crippen LogP contribution in [-0.4, -0.2) is 59.8 Å². The van der Waals surface area contributed by atoms with Crippen molar-refractivity contribution in [3.05, 3.63) is 24.3 Å². The molecule has 0 radical (unpaired) electrons. The number of carbonyl (C=O) groups is 3. The number of amides is 1. The first-order valence-corrected chi connectivity index (χ1v) is 7.36. The van der Waals surface area contributed by atoms with Gasteiger partial charge in [-0.25, -0.2) is 0 Å². The van der Waals surface area contributed by atoms with E-state index in [2.05, 4.69) is 0 Å². The topological polar surface area (TPSA) is 113 Å². The first kappa shape index (κ1) is 16.1. The number of carboxylic acid groups (broad SMARTS) is 2. The Morgan fingerprint density at radius 1 is 1.04 bits per heavy atom. The molecule has 0 unspecified atom stereocenters. The third kappa shape index (κ3) is 2.26. The number of hydrogen-bond acceptors (Lipinski definition) is 5. The van der Waals surface area contributed by atoms with Gasteiger partial charge in [-0.1, -0.05) is 0 Å². The van der Waals surface area contributed by atoms with E-state index in [4.69, 9.17) is 9.47 Å². The van der Waals surface area contributed by atoms with Crippen LogP contribution in [0, 0.1) is 10.8 Å². The maximum Gasteiger partial charge on any atom is 0.312 e. The Morgan fingerprint density at radius 3 is 2.00 bits per heavy atom. The highest BCUT2D eigenvalue weighted by molar-refractivity contribution is 5.96. The van der Waals surface area contributed by atoms with Crippen LogP contribution in [0.3, 0.4) is 0 Å². The molecular formula is C16H17NO7. The molecule has 8 nitrogen and oxygen atoms in total. The second-order valence-corrected chi connectivity index (χ2v) is 6.17. The summed E-state index contributed by atoms with van der Waals surface area (Å²) in [5, 5.41) is 18.7. The predicted molar refractivity (Wildman–Crippen MR) is 79.8 cm³/mol. The number of methoxy groups -OCH3 is 1. The number of fused-ring (bicyclic) bond motifs is 1. The minimum atomic E-state index is -1.37. The van der Waals surface area contributed by atoms with Crippen LogP contribution in [-0.2, 0) is 14.4 Å². The van der Waals surface area contributed by atoms with Crippen LogP contribution >= 0.6 is 0 Å². The van der Waals surface area contributed by atoms with Crippen molar-refractivity contribution in [3.63, 3.8) is 0 Å². The summed E-state index contributed by atoms with van der Waals surface area (Å²) in [7, 11) is 1.54. The molecule has 1 aromatic rings. The van der Waals surface area contributed by atoms with E-state index in [1.54, 1.807) is 24.3 Å². The zero-order valence-electron chi connectivity index (χ0n) is 13.0. The van der Waals surface area contributed by atoms with Gasteiger partial charge in [-0.2, -0.15) is 0 Å². The number of likely N-dealkylation sites (tertiary alicyclic amines) is 1. The van der Waals surface area contributed by atoms with Gasteiger partial charge in [0, 0.05) is 13.1 Å². The number of ether oxygens (including phenoxy) is 2. The number of benzene rings is 1. The minimum Gasteiger partial charge on any atom is -0.497 e. The zero-order valence-corrected chi connectivity index (χ0v) is 13.0. The molecule has 1 saturated carbocycles. The summed E-state index contributed by atoms with van der Waals surface area (Å²) >= 11 is 0. The minimum absolute atomic E-state index is 0.0633. The Hall–Kier alpha value is -2.77. The SMILES string of the molecule is COc1ccc(OCC(=O)N2C[C@@]3(C(=O)O)C[C@@]3(C(=O)O)C2)cc1. The molecule has 2 fully saturated rings. The third-order valence-electron chi connectivity index (χ3n) is 4.91. The van der Waals surface area contributed by atoms with Crippen molar-refractivity contribution in [1.29, 1.82) is 0 Å². The molecule has 3 rings (SSSR count). The zero-order chi connectivity index (χ0) is 17.5. The Labute approximate surface area is 137 Å². The van der Waals surface area contributed by atoms with E-state index < -0.39 is 28.7 Å². The summed E-state index contributed by atoms with van der Waals surface area (Å²) in [5.41, 5.74) is -2.73. The molecular weight excluding hydrogens is 318 g/mol. The van der Waals surface area contributed by atoms with Crippen LogP contribution in [0.5, 0.6) is 11.5 Å². The number of hydrogen-bond donors (Lipinski definition) is 2. The number of carbonyl (C=O) groups excluding carboxylic acids is 1. The normalized spacial score (nSPS) is 27.3. The Bertz CT molecular complexity index is 673. The molecule has 24 heavy (non-hydrogen) atoms. The summed E-state index contributed by atoms with van der Waals surface area (Å²) in [6.07, 6.45) is 0.0633. The van der Waals surface area contributed by atoms with Gasteiger partial charge >= 0.3 is 11.9 Å². The number of carboxylic acids is 2. The van der Waals surface area contributed by atoms with Gasteiger partial charge in [0.1, 0.15) is 22.3 Å². The maximum atomic E-state index is 12.2. The Kier molecular flexibility index (Phi) is 3.62. The van der Waals surface area contributed by atoms with Crippen LogP contribution in [0.1, 0.15) is 6.42 Å². The van der Waals surface area contributed by atoms with Gasteiger partial charge in [0.2, 0.25) is 0 Å². The highest BCUT2D eigenvalue weighted by atomic mass is 16.5. The van der Waals surface area contributed by atoms with Crippen molar-refractivity contribution in [3.8, 4) is 11.5 Å². The van der Waals surface area contributed by atoms with Crippen molar-refractivity contribution in [2.24, 2.45) is 10.8 Å². The van der Waals surface area contributed by atoms with E-state index in [1.165, 1.54) is 12.0 Å². The lowest BCUT2D eigenvalue weighted by atomic mass is 9.97. The molecule has 1 amide bonds. The van der Waals surface area contributed by atoms with Crippen LogP contribution in [0.2, 0.25) is 0 Å². The lowest BCUT2D eigenvalue weighted by Crippen LogP contribution is -2.37. The average Bonchev–Trinajstić information content (AvgIpc) is 3.11. The van der Waals surface area contributed by atoms with Crippen molar-refractivity contribution < 1.29 is 34.1 Å². The summed E-state index contributed by atoms with van der Waals surface area (Å²) in [6, 6.07) is 6.66. The van der Waals surface area contributed by atoms with E-state index in [0.717, 1.165) is 0 Å². The molecule has 2 aliphatic rings. The van der Waals surface area contributed by atoms with E-state index in [1.807, 2.05) is 0 Å². The second-order valence-electron chi connectivity index (χ2n) is 6.17. The number of piperidine rings is 1. The molecule has 1 aliphatic carbocycles. The highest BCUT2D eigenvalue weighted by Gasteiger charge is 2.81. The first-order valence-electron chi connectivity index (χ1n) is 7.36. The van der Waals surface area contributed by atoms with Crippen LogP contribution in [0.4, 0.5) is 0 Å². The standard InChI is InChI=1S/C16H17NO7/c1-23-10-2-4-11(5-3-10)24-6-12(18)17-8-15(13(19)20)7-16(15,9-17)14(21)22/h2-5H,6-9H2,1H3,(H,19,20)(H,21,22)/t15-,16+. The van der Waals surface area contributed by atoms with E-state index in [9.17, 15) is 24.6 Å². The van der Waals surface area contributed by atoms with E-state index in [0.29, 0.717) is 11.5 Å². The average molecular weight is 335 g/mol. The number of nitrogens with zero attached hydrogens (tertiary/aromatic N) is 1. The van der Waals surface area contributed by atoms with Crippen LogP contribution in [0.25, 0.3) is 0 Å². The molecule has 1 aliphatic heterocycles. The van der Waals surface area contributed by atoms with Gasteiger partial charge in [-0.05, 0) is 30.7 Å². The molecule has 2 N–H and O–H groups in total. The Balaban J connectivity index is 1.62. The molecule has 0 bridgehead atoms. The molecule has 1 heterocycles. The van der Waals surface area contributed by atoms with Crippen molar-refractivity contribution in [2.75, 3.05) is 26.8 Å². The number of aliphatic carboxylic acids is 2. The van der Waals surface area contributed by atoms with Crippen molar-refractivity contribution in [1.82, 2.24) is 4.90 Å². The monoisotopic (exact) mass is 335 g/mol. The quantitative estimate of drug-likeness (QED) is 0.776. The van der Waals surface area contributed by atoms with Crippen LogP contribution < -0.4 is 9.47 Å². The number of rotatable bonds is 6. The van der Waals surface area contributed by atoms with E-state index >= 15 is 0 Å². The summed E-state index contributed by atoms with van der Waals surface area (Å²) in [5.74, 6) is -1.65. The largest absolute Gasteiger partial charge is 0.497 e. The lowest BCUT2D eigenvalue weighted by Gasteiger charge is -2.20. The fraction of sp³-hybridized carbons (Fsp3) is 0.438. The van der Waals surface area contributed by atoms with Gasteiger partial charge in [-0.15, -0.1) is 0 Å². The molecule has 1 saturated heterocycles. The molecule has 8 heteroatoms. The van der Waals surface area contributed by atoms with Gasteiger partial charge in [0.15, 0.2) is 6.61 Å². The summed E-state index contributed by atoms with van der Waals surface area (Å²) in [4.78, 5) is 36.4. The van der Waals surface area contributed by atoms with Crippen LogP contribution in [0.15, 0.2) is 24.3 Å². The lowest BCUT2D eigenvalue weighted by molar-refractivity contribution is -0.151. The first-order chi connectivity index (χ1) is 11.3. The molecule has 0 aromatic heterocycles. The van der Waals surface area contributed by atoms with E-state index in [-0.39, 0.29) is 26.1 Å². The fourth-order valence-electron chi connectivity index (χ4n) is 3.37. The second kappa shape index (κ2) is 5.40. The summed E-state index contributed by atoms with van der Waals surface area (Å²) < 4.78 is 10.4. The van der Waals surface area contributed by atoms with Gasteiger partial charge in [0.25, 0.3) is 5.91 Å². The van der Waals surface area contributed by atoms with Gasteiger partial charge < -0.3 is 24.6 Å². The van der Waals surface area contributed by atoms with Gasteiger partial charge in [-0.3, -0.25) is 14.4 Å². The molecule has 128 valence electrons. The summed E-state index contributed by atoms with van der Waals surface area (Å²) in [6.45, 7) is -0.476. The molecule has 0 spiro atoms. The smallest absolute Gasteiger partial charge is 0.312 e. The predicted octanol–water partition coefficient (Wildman–Crippen LogP) is 0.462. The Morgan fingerprint density at radius 2 is 1.54 bits per heavy atom. The highest BCUT2D eigenvalue weighted by Crippen LogP contribution is 2.68. The molecule has 1 aromatic carbocycles. The third-order valence-corrected chi connectivity index (χ3v) is 4.91. The van der Waals surface area contributed by atoms with Crippen molar-refractivity contribution in [2.45, 2.75) is 6.42 Å². The van der Waals surface area contributed by atoms with Crippen molar-refractivity contribution >= 4 is 17.8 Å². The molecule has 2 atom stereocenters.